The van der Waals surface area contributed by atoms with Gasteiger partial charge in [0.15, 0.2) is 0 Å². The Morgan fingerprint density at radius 2 is 1.46 bits per heavy atom. The van der Waals surface area contributed by atoms with E-state index in [1.165, 1.54) is 16.8 Å². The highest BCUT2D eigenvalue weighted by Crippen LogP contribution is 2.26. The van der Waals surface area contributed by atoms with Crippen molar-refractivity contribution in [2.45, 2.75) is 19.5 Å². The van der Waals surface area contributed by atoms with Gasteiger partial charge in [0.05, 0.1) is 6.61 Å². The van der Waals surface area contributed by atoms with Crippen LogP contribution in [0.3, 0.4) is 0 Å². The highest BCUT2D eigenvalue weighted by molar-refractivity contribution is 5.54. The maximum atomic E-state index is 5.86. The van der Waals surface area contributed by atoms with Crippen LogP contribution in [0.2, 0.25) is 0 Å². The molecule has 0 saturated carbocycles. The first kappa shape index (κ1) is 18.6. The minimum Gasteiger partial charge on any atom is -0.494 e. The Morgan fingerprint density at radius 1 is 0.750 bits per heavy atom. The fraction of sp³-hybridized carbons (Fsp3) is 0.280. The van der Waals surface area contributed by atoms with Gasteiger partial charge < -0.3 is 9.64 Å². The van der Waals surface area contributed by atoms with Crippen molar-refractivity contribution in [1.82, 2.24) is 4.90 Å². The molecule has 1 aliphatic heterocycles. The van der Waals surface area contributed by atoms with Crippen LogP contribution >= 0.6 is 0 Å². The maximum absolute atomic E-state index is 5.86. The van der Waals surface area contributed by atoms with Gasteiger partial charge in [-0.15, -0.1) is 0 Å². The van der Waals surface area contributed by atoms with Gasteiger partial charge in [0.25, 0.3) is 0 Å². The number of nitrogens with zero attached hydrogens (tertiary/aromatic N) is 2. The van der Waals surface area contributed by atoms with E-state index in [-0.39, 0.29) is 0 Å². The van der Waals surface area contributed by atoms with Crippen LogP contribution in [0.15, 0.2) is 84.9 Å². The zero-order valence-corrected chi connectivity index (χ0v) is 16.3. The largest absolute Gasteiger partial charge is 0.494 e. The summed E-state index contributed by atoms with van der Waals surface area (Å²) in [5, 5.41) is 0. The molecule has 0 aromatic heterocycles. The lowest BCUT2D eigenvalue weighted by molar-refractivity contribution is 0.234. The zero-order valence-electron chi connectivity index (χ0n) is 16.3. The Kier molecular flexibility index (Phi) is 6.25. The van der Waals surface area contributed by atoms with Crippen molar-refractivity contribution in [3.05, 3.63) is 96.1 Å². The van der Waals surface area contributed by atoms with Gasteiger partial charge in [-0.1, -0.05) is 66.7 Å². The molecule has 1 aliphatic rings. The number of benzene rings is 3. The fourth-order valence-electron chi connectivity index (χ4n) is 3.81. The number of rotatable bonds is 7. The molecule has 28 heavy (non-hydrogen) atoms. The molecule has 144 valence electrons. The molecule has 3 aromatic carbocycles. The summed E-state index contributed by atoms with van der Waals surface area (Å²) in [6.45, 7) is 5.91. The Hall–Kier alpha value is -2.78. The second kappa shape index (κ2) is 9.43. The number of hydrogen-bond acceptors (Lipinski definition) is 3. The maximum Gasteiger partial charge on any atom is 0.119 e. The predicted molar refractivity (Wildman–Crippen MR) is 116 cm³/mol. The summed E-state index contributed by atoms with van der Waals surface area (Å²) in [5.41, 5.74) is 4.15. The Bertz CT molecular complexity index is 851. The van der Waals surface area contributed by atoms with Gasteiger partial charge in [0.2, 0.25) is 0 Å². The van der Waals surface area contributed by atoms with Crippen molar-refractivity contribution in [1.29, 1.82) is 0 Å². The Balaban J connectivity index is 1.36. The topological polar surface area (TPSA) is 15.7 Å². The van der Waals surface area contributed by atoms with Crippen LogP contribution in [-0.2, 0) is 13.1 Å². The van der Waals surface area contributed by atoms with Crippen molar-refractivity contribution >= 4 is 5.69 Å². The molecule has 3 nitrogen and oxygen atoms in total. The number of fused-ring (bicyclic) bond motifs is 1. The average molecular weight is 373 g/mol. The van der Waals surface area contributed by atoms with Gasteiger partial charge in [-0.2, -0.15) is 0 Å². The second-order valence-electron chi connectivity index (χ2n) is 7.33. The quantitative estimate of drug-likeness (QED) is 0.544. The Labute approximate surface area is 168 Å². The average Bonchev–Trinajstić information content (AvgIpc) is 2.92. The zero-order chi connectivity index (χ0) is 19.0. The van der Waals surface area contributed by atoms with E-state index in [4.69, 9.17) is 4.74 Å². The first-order chi connectivity index (χ1) is 13.9. The third-order valence-corrected chi connectivity index (χ3v) is 5.26. The van der Waals surface area contributed by atoms with Gasteiger partial charge in [-0.25, -0.2) is 0 Å². The van der Waals surface area contributed by atoms with Gasteiger partial charge in [0.1, 0.15) is 5.75 Å². The van der Waals surface area contributed by atoms with Crippen LogP contribution in [0.25, 0.3) is 0 Å². The van der Waals surface area contributed by atoms with E-state index in [9.17, 15) is 0 Å². The minimum atomic E-state index is 0.760. The molecule has 0 unspecified atom stereocenters. The molecule has 0 N–H and O–H groups in total. The first-order valence-corrected chi connectivity index (χ1v) is 10.2. The van der Waals surface area contributed by atoms with Gasteiger partial charge >= 0.3 is 0 Å². The summed E-state index contributed by atoms with van der Waals surface area (Å²) in [7, 11) is 0. The van der Waals surface area contributed by atoms with Crippen molar-refractivity contribution < 1.29 is 4.74 Å². The predicted octanol–water partition coefficient (Wildman–Crippen LogP) is 4.98. The van der Waals surface area contributed by atoms with Gasteiger partial charge in [-0.05, 0) is 35.7 Å². The van der Waals surface area contributed by atoms with Crippen molar-refractivity contribution in [3.8, 4) is 5.75 Å². The molecule has 0 atom stereocenters. The van der Waals surface area contributed by atoms with E-state index in [0.29, 0.717) is 0 Å². The van der Waals surface area contributed by atoms with E-state index >= 15 is 0 Å². The molecule has 4 rings (SSSR count). The molecule has 0 radical (unpaired) electrons. The van der Waals surface area contributed by atoms with Crippen molar-refractivity contribution in [2.75, 3.05) is 31.1 Å². The Morgan fingerprint density at radius 3 is 2.29 bits per heavy atom. The molecule has 3 heteroatoms. The molecule has 0 amide bonds. The molecular weight excluding hydrogens is 344 g/mol. The van der Waals surface area contributed by atoms with E-state index in [2.05, 4.69) is 64.4 Å². The van der Waals surface area contributed by atoms with Crippen LogP contribution in [0.4, 0.5) is 5.69 Å². The molecule has 0 aliphatic carbocycles. The summed E-state index contributed by atoms with van der Waals surface area (Å²) in [6.07, 6.45) is 1.04. The number of ether oxygens (including phenoxy) is 1. The van der Waals surface area contributed by atoms with Crippen LogP contribution < -0.4 is 9.64 Å². The number of anilines is 1. The van der Waals surface area contributed by atoms with Crippen LogP contribution in [0.5, 0.6) is 5.75 Å². The van der Waals surface area contributed by atoms with Crippen LogP contribution in [-0.4, -0.2) is 31.1 Å². The van der Waals surface area contributed by atoms with Crippen molar-refractivity contribution in [2.24, 2.45) is 0 Å². The second-order valence-corrected chi connectivity index (χ2v) is 7.33. The third-order valence-electron chi connectivity index (χ3n) is 5.26. The molecule has 0 bridgehead atoms. The highest BCUT2D eigenvalue weighted by Gasteiger charge is 2.19. The number of hydrogen-bond donors (Lipinski definition) is 0. The lowest BCUT2D eigenvalue weighted by atomic mass is 10.1. The van der Waals surface area contributed by atoms with Crippen molar-refractivity contribution in [3.63, 3.8) is 0 Å². The summed E-state index contributed by atoms with van der Waals surface area (Å²) < 4.78 is 5.86. The van der Waals surface area contributed by atoms with Crippen LogP contribution in [0.1, 0.15) is 17.5 Å². The van der Waals surface area contributed by atoms with Crippen LogP contribution in [0, 0.1) is 0 Å². The summed E-state index contributed by atoms with van der Waals surface area (Å²) in [6, 6.07) is 29.7. The van der Waals surface area contributed by atoms with E-state index < -0.39 is 0 Å². The summed E-state index contributed by atoms with van der Waals surface area (Å²) in [5.74, 6) is 0.956. The monoisotopic (exact) mass is 372 g/mol. The first-order valence-electron chi connectivity index (χ1n) is 10.2. The molecule has 0 saturated heterocycles. The standard InChI is InChI=1S/C25H28N2O/c1-3-10-22(11-4-1)20-27-18-17-26(21-23-12-7-8-15-25(23)27)16-9-19-28-24-13-5-2-6-14-24/h1-8,10-15H,9,16-21H2. The number of para-hydroxylation sites is 2. The minimum absolute atomic E-state index is 0.760. The van der Waals surface area contributed by atoms with E-state index in [1.807, 2.05) is 30.3 Å². The smallest absolute Gasteiger partial charge is 0.119 e. The normalized spacial score (nSPS) is 14.4. The molecule has 0 spiro atoms. The molecule has 0 fully saturated rings. The lowest BCUT2D eigenvalue weighted by Crippen LogP contribution is -2.32. The van der Waals surface area contributed by atoms with E-state index in [1.54, 1.807) is 0 Å². The van der Waals surface area contributed by atoms with Gasteiger partial charge in [-0.3, -0.25) is 4.90 Å². The fourth-order valence-corrected chi connectivity index (χ4v) is 3.81. The summed E-state index contributed by atoms with van der Waals surface area (Å²) in [4.78, 5) is 5.07. The van der Waals surface area contributed by atoms with E-state index in [0.717, 1.165) is 51.5 Å². The molecular formula is C25H28N2O. The van der Waals surface area contributed by atoms with Gasteiger partial charge in [0, 0.05) is 38.4 Å². The molecule has 3 aromatic rings. The molecule has 1 heterocycles. The third kappa shape index (κ3) is 4.93. The SMILES string of the molecule is c1ccc(CN2CCN(CCCOc3ccccc3)Cc3ccccc32)cc1. The summed E-state index contributed by atoms with van der Waals surface area (Å²) >= 11 is 0. The highest BCUT2D eigenvalue weighted by atomic mass is 16.5. The lowest BCUT2D eigenvalue weighted by Gasteiger charge is -2.25.